The summed E-state index contributed by atoms with van der Waals surface area (Å²) in [7, 11) is 0. The summed E-state index contributed by atoms with van der Waals surface area (Å²) in [6.07, 6.45) is 0. The number of fused-ring (bicyclic) bond motifs is 2. The van der Waals surface area contributed by atoms with E-state index in [1.54, 1.807) is 23.1 Å². The quantitative estimate of drug-likeness (QED) is 0.427. The lowest BCUT2D eigenvalue weighted by molar-refractivity contribution is 1.08. The Kier molecular flexibility index (Phi) is 3.09. The van der Waals surface area contributed by atoms with E-state index in [9.17, 15) is 0 Å². The number of nitrogens with zero attached hydrogens (tertiary/aromatic N) is 1. The highest BCUT2D eigenvalue weighted by atomic mass is 32.2. The number of anilines is 1. The first-order chi connectivity index (χ1) is 10.3. The van der Waals surface area contributed by atoms with Crippen molar-refractivity contribution in [3.8, 4) is 0 Å². The van der Waals surface area contributed by atoms with Gasteiger partial charge in [0.1, 0.15) is 0 Å². The number of thioether (sulfide) groups is 1. The van der Waals surface area contributed by atoms with Crippen LogP contribution in [-0.2, 0) is 5.75 Å². The van der Waals surface area contributed by atoms with Crippen LogP contribution in [0.15, 0.2) is 53.0 Å². The Morgan fingerprint density at radius 1 is 1.19 bits per heavy atom. The van der Waals surface area contributed by atoms with E-state index in [0.717, 1.165) is 27.6 Å². The van der Waals surface area contributed by atoms with Gasteiger partial charge in [0.05, 0.1) is 11.0 Å². The Balaban J connectivity index is 1.60. The highest BCUT2D eigenvalue weighted by Gasteiger charge is 2.07. The van der Waals surface area contributed by atoms with Crippen molar-refractivity contribution >= 4 is 49.9 Å². The van der Waals surface area contributed by atoms with E-state index >= 15 is 0 Å². The minimum atomic E-state index is 0.756. The van der Waals surface area contributed by atoms with Crippen molar-refractivity contribution in [1.29, 1.82) is 0 Å². The van der Waals surface area contributed by atoms with Crippen LogP contribution in [0.2, 0.25) is 0 Å². The van der Waals surface area contributed by atoms with Crippen molar-refractivity contribution in [1.82, 2.24) is 9.97 Å². The van der Waals surface area contributed by atoms with Gasteiger partial charge < -0.3 is 10.7 Å². The number of nitrogens with one attached hydrogen (secondary N) is 1. The Hall–Kier alpha value is -1.98. The molecule has 4 rings (SSSR count). The van der Waals surface area contributed by atoms with Crippen LogP contribution < -0.4 is 5.73 Å². The maximum absolute atomic E-state index is 5.79. The fourth-order valence-electron chi connectivity index (χ4n) is 2.36. The molecule has 0 radical (unpaired) electrons. The molecule has 21 heavy (non-hydrogen) atoms. The maximum atomic E-state index is 5.79. The van der Waals surface area contributed by atoms with Gasteiger partial charge in [0.2, 0.25) is 0 Å². The van der Waals surface area contributed by atoms with E-state index in [-0.39, 0.29) is 0 Å². The van der Waals surface area contributed by atoms with Gasteiger partial charge in [0.15, 0.2) is 5.16 Å². The number of hydrogen-bond acceptors (Lipinski definition) is 4. The monoisotopic (exact) mass is 311 g/mol. The molecular formula is C16H13N3S2. The molecule has 0 bridgehead atoms. The van der Waals surface area contributed by atoms with Crippen molar-refractivity contribution in [2.24, 2.45) is 0 Å². The molecule has 5 heteroatoms. The van der Waals surface area contributed by atoms with Gasteiger partial charge in [0.25, 0.3) is 0 Å². The van der Waals surface area contributed by atoms with Crippen LogP contribution in [0.4, 0.5) is 5.69 Å². The van der Waals surface area contributed by atoms with E-state index in [1.165, 1.54) is 15.6 Å². The van der Waals surface area contributed by atoms with Crippen LogP contribution in [0.5, 0.6) is 0 Å². The van der Waals surface area contributed by atoms with E-state index in [2.05, 4.69) is 39.6 Å². The predicted octanol–water partition coefficient (Wildman–Crippen LogP) is 4.65. The zero-order valence-corrected chi connectivity index (χ0v) is 12.8. The zero-order chi connectivity index (χ0) is 14.2. The Morgan fingerprint density at radius 3 is 3.05 bits per heavy atom. The van der Waals surface area contributed by atoms with Gasteiger partial charge >= 0.3 is 0 Å². The minimum absolute atomic E-state index is 0.756. The number of H-pyrrole nitrogens is 1. The highest BCUT2D eigenvalue weighted by Crippen LogP contribution is 2.31. The number of aromatic amines is 1. The number of aromatic nitrogens is 2. The molecular weight excluding hydrogens is 298 g/mol. The standard InChI is InChI=1S/C16H13N3S2/c17-11-5-6-13-14(7-11)19-16(18-13)21-9-10-8-20-15-4-2-1-3-12(10)15/h1-8H,9,17H2,(H,18,19). The first-order valence-corrected chi connectivity index (χ1v) is 8.49. The molecule has 0 saturated heterocycles. The Bertz CT molecular complexity index is 923. The molecule has 104 valence electrons. The number of rotatable bonds is 3. The lowest BCUT2D eigenvalue weighted by atomic mass is 10.2. The fraction of sp³-hybridized carbons (Fsp3) is 0.0625. The second kappa shape index (κ2) is 5.09. The second-order valence-electron chi connectivity index (χ2n) is 4.86. The van der Waals surface area contributed by atoms with Crippen LogP contribution >= 0.6 is 23.1 Å². The first-order valence-electron chi connectivity index (χ1n) is 6.63. The number of hydrogen-bond donors (Lipinski definition) is 2. The van der Waals surface area contributed by atoms with Gasteiger partial charge in [0, 0.05) is 16.1 Å². The average molecular weight is 311 g/mol. The van der Waals surface area contributed by atoms with Gasteiger partial charge in [-0.1, -0.05) is 30.0 Å². The SMILES string of the molecule is Nc1ccc2nc(SCc3csc4ccccc34)[nH]c2c1. The van der Waals surface area contributed by atoms with E-state index in [4.69, 9.17) is 5.73 Å². The zero-order valence-electron chi connectivity index (χ0n) is 11.2. The minimum Gasteiger partial charge on any atom is -0.399 e. The molecule has 0 saturated carbocycles. The van der Waals surface area contributed by atoms with E-state index in [1.807, 2.05) is 18.2 Å². The molecule has 0 unspecified atom stereocenters. The largest absolute Gasteiger partial charge is 0.399 e. The molecule has 0 amide bonds. The van der Waals surface area contributed by atoms with Crippen molar-refractivity contribution in [3.63, 3.8) is 0 Å². The van der Waals surface area contributed by atoms with Crippen molar-refractivity contribution in [3.05, 3.63) is 53.4 Å². The summed E-state index contributed by atoms with van der Waals surface area (Å²) in [5.74, 6) is 0.916. The molecule has 0 fully saturated rings. The van der Waals surface area contributed by atoms with Gasteiger partial charge in [-0.25, -0.2) is 4.98 Å². The van der Waals surface area contributed by atoms with Crippen LogP contribution in [0.25, 0.3) is 21.1 Å². The van der Waals surface area contributed by atoms with Gasteiger partial charge in [-0.05, 0) is 40.6 Å². The van der Waals surface area contributed by atoms with Gasteiger partial charge in [-0.15, -0.1) is 11.3 Å². The van der Waals surface area contributed by atoms with E-state index in [0.29, 0.717) is 0 Å². The number of nitrogens with two attached hydrogens (primary N) is 1. The number of benzene rings is 2. The summed E-state index contributed by atoms with van der Waals surface area (Å²) in [6.45, 7) is 0. The molecule has 3 N–H and O–H groups in total. The van der Waals surface area contributed by atoms with Crippen LogP contribution in [0, 0.1) is 0 Å². The lowest BCUT2D eigenvalue weighted by Gasteiger charge is -1.97. The van der Waals surface area contributed by atoms with Crippen LogP contribution in [0.3, 0.4) is 0 Å². The lowest BCUT2D eigenvalue weighted by Crippen LogP contribution is -1.82. The number of thiophene rings is 1. The molecule has 2 heterocycles. The highest BCUT2D eigenvalue weighted by molar-refractivity contribution is 7.98. The third-order valence-corrected chi connectivity index (χ3v) is 5.34. The van der Waals surface area contributed by atoms with Gasteiger partial charge in [-0.3, -0.25) is 0 Å². The molecule has 0 aliphatic heterocycles. The molecule has 0 spiro atoms. The third kappa shape index (κ3) is 2.39. The fourth-order valence-corrected chi connectivity index (χ4v) is 4.31. The molecule has 0 atom stereocenters. The summed E-state index contributed by atoms with van der Waals surface area (Å²) in [5.41, 5.74) is 9.86. The molecule has 0 aliphatic rings. The number of nitrogen functional groups attached to an aromatic ring is 1. The van der Waals surface area contributed by atoms with Crippen LogP contribution in [-0.4, -0.2) is 9.97 Å². The Morgan fingerprint density at radius 2 is 2.10 bits per heavy atom. The molecule has 4 aromatic rings. The van der Waals surface area contributed by atoms with Crippen molar-refractivity contribution in [2.45, 2.75) is 10.9 Å². The first kappa shape index (κ1) is 12.7. The summed E-state index contributed by atoms with van der Waals surface area (Å²) < 4.78 is 1.34. The smallest absolute Gasteiger partial charge is 0.166 e. The topological polar surface area (TPSA) is 54.7 Å². The van der Waals surface area contributed by atoms with Crippen molar-refractivity contribution < 1.29 is 0 Å². The average Bonchev–Trinajstić information content (AvgIpc) is 3.08. The molecule has 3 nitrogen and oxygen atoms in total. The number of imidazole rings is 1. The maximum Gasteiger partial charge on any atom is 0.166 e. The molecule has 0 aliphatic carbocycles. The molecule has 2 aromatic carbocycles. The predicted molar refractivity (Wildman–Crippen MR) is 91.9 cm³/mol. The van der Waals surface area contributed by atoms with Crippen LogP contribution in [0.1, 0.15) is 5.56 Å². The molecule has 2 aromatic heterocycles. The van der Waals surface area contributed by atoms with Crippen molar-refractivity contribution in [2.75, 3.05) is 5.73 Å². The normalized spacial score (nSPS) is 11.4. The summed E-state index contributed by atoms with van der Waals surface area (Å²) in [4.78, 5) is 7.91. The van der Waals surface area contributed by atoms with Gasteiger partial charge in [-0.2, -0.15) is 0 Å². The summed E-state index contributed by atoms with van der Waals surface area (Å²) in [5, 5.41) is 4.51. The summed E-state index contributed by atoms with van der Waals surface area (Å²) >= 11 is 3.52. The third-order valence-electron chi connectivity index (χ3n) is 3.41. The second-order valence-corrected chi connectivity index (χ2v) is 6.74. The summed E-state index contributed by atoms with van der Waals surface area (Å²) in [6, 6.07) is 14.3. The van der Waals surface area contributed by atoms with E-state index < -0.39 is 0 Å². The Labute approximate surface area is 130 Å².